The van der Waals surface area contributed by atoms with Crippen LogP contribution in [0, 0.1) is 0 Å². The second-order valence-electron chi connectivity index (χ2n) is 4.64. The fraction of sp³-hybridized carbons (Fsp3) is 0.375. The maximum Gasteiger partial charge on any atom is 0.156 e. The molecule has 0 saturated carbocycles. The van der Waals surface area contributed by atoms with Gasteiger partial charge in [0.1, 0.15) is 0 Å². The number of hydrogen-bond acceptors (Lipinski definition) is 2. The Hall–Kier alpha value is -1.70. The average Bonchev–Trinajstić information content (AvgIpc) is 2.25. The molecule has 0 atom stereocenters. The van der Waals surface area contributed by atoms with Crippen LogP contribution in [-0.4, -0.2) is 11.6 Å². The van der Waals surface area contributed by atoms with Crippen LogP contribution in [0.4, 0.5) is 0 Å². The molecular weight excluding hydrogens is 224 g/mol. The van der Waals surface area contributed by atoms with E-state index in [9.17, 15) is 9.59 Å². The summed E-state index contributed by atoms with van der Waals surface area (Å²) in [6.07, 6.45) is 10.8. The Morgan fingerprint density at radius 2 is 1.06 bits per heavy atom. The van der Waals surface area contributed by atoms with E-state index in [1.54, 1.807) is 12.2 Å². The van der Waals surface area contributed by atoms with Crippen LogP contribution in [0.3, 0.4) is 0 Å². The third-order valence-corrected chi connectivity index (χ3v) is 2.04. The molecule has 0 aliphatic carbocycles. The second kappa shape index (κ2) is 9.34. The molecular formula is C16H22O2. The minimum Gasteiger partial charge on any atom is -0.295 e. The third kappa shape index (κ3) is 10.8. The smallest absolute Gasteiger partial charge is 0.156 e. The van der Waals surface area contributed by atoms with E-state index in [-0.39, 0.29) is 24.4 Å². The molecule has 0 heterocycles. The highest BCUT2D eigenvalue weighted by atomic mass is 16.1. The fourth-order valence-electron chi connectivity index (χ4n) is 1.11. The lowest BCUT2D eigenvalue weighted by atomic mass is 10.1. The molecule has 2 nitrogen and oxygen atoms in total. The summed E-state index contributed by atoms with van der Waals surface area (Å²) in [5, 5.41) is 0. The van der Waals surface area contributed by atoms with E-state index in [0.29, 0.717) is 0 Å². The molecule has 0 fully saturated rings. The van der Waals surface area contributed by atoms with Gasteiger partial charge in [0.05, 0.1) is 0 Å². The summed E-state index contributed by atoms with van der Waals surface area (Å²) < 4.78 is 0. The molecule has 0 amide bonds. The van der Waals surface area contributed by atoms with Crippen LogP contribution in [0.5, 0.6) is 0 Å². The average molecular weight is 246 g/mol. The molecule has 0 spiro atoms. The summed E-state index contributed by atoms with van der Waals surface area (Å²) in [7, 11) is 0. The van der Waals surface area contributed by atoms with Crippen LogP contribution in [0.1, 0.15) is 40.5 Å². The Labute approximate surface area is 110 Å². The van der Waals surface area contributed by atoms with Crippen molar-refractivity contribution in [2.75, 3.05) is 0 Å². The van der Waals surface area contributed by atoms with Gasteiger partial charge in [0.25, 0.3) is 0 Å². The molecule has 0 saturated heterocycles. The number of rotatable bonds is 7. The summed E-state index contributed by atoms with van der Waals surface area (Å²) in [6, 6.07) is 0. The van der Waals surface area contributed by atoms with Crippen molar-refractivity contribution in [3.63, 3.8) is 0 Å². The van der Waals surface area contributed by atoms with E-state index in [1.165, 1.54) is 12.2 Å². The Morgan fingerprint density at radius 3 is 1.33 bits per heavy atom. The molecule has 0 aromatic carbocycles. The van der Waals surface area contributed by atoms with E-state index in [4.69, 9.17) is 0 Å². The quantitative estimate of drug-likeness (QED) is 0.503. The van der Waals surface area contributed by atoms with Crippen LogP contribution < -0.4 is 0 Å². The van der Waals surface area contributed by atoms with Crippen molar-refractivity contribution < 1.29 is 9.59 Å². The standard InChI is InChI=1S/C16H22O2/c1-13(2)7-5-9-15(17)11-12-16(18)10-6-8-14(3)4/h5-10H,11-12H2,1-4H3/b9-5+,10-6+. The SMILES string of the molecule is CC(C)=C/C=C/C(=O)CCC(=O)/C=C/C=C(C)C. The number of allylic oxidation sites excluding steroid dienone is 8. The number of carbonyl (C=O) groups is 2. The highest BCUT2D eigenvalue weighted by Crippen LogP contribution is 1.98. The first-order valence-electron chi connectivity index (χ1n) is 6.10. The molecule has 0 aromatic rings. The maximum absolute atomic E-state index is 11.4. The van der Waals surface area contributed by atoms with Gasteiger partial charge in [-0.1, -0.05) is 35.5 Å². The van der Waals surface area contributed by atoms with E-state index in [1.807, 2.05) is 39.8 Å². The van der Waals surface area contributed by atoms with E-state index in [0.717, 1.165) is 11.1 Å². The molecule has 0 aliphatic rings. The van der Waals surface area contributed by atoms with Gasteiger partial charge in [0, 0.05) is 12.8 Å². The molecule has 2 heteroatoms. The van der Waals surface area contributed by atoms with Gasteiger partial charge in [-0.05, 0) is 39.8 Å². The molecule has 0 unspecified atom stereocenters. The van der Waals surface area contributed by atoms with Gasteiger partial charge < -0.3 is 0 Å². The Bertz CT molecular complexity index is 359. The van der Waals surface area contributed by atoms with Crippen LogP contribution in [0.15, 0.2) is 47.6 Å². The summed E-state index contributed by atoms with van der Waals surface area (Å²) in [6.45, 7) is 7.86. The van der Waals surface area contributed by atoms with Gasteiger partial charge in [-0.25, -0.2) is 0 Å². The first-order chi connectivity index (χ1) is 8.41. The van der Waals surface area contributed by atoms with Gasteiger partial charge in [0.15, 0.2) is 11.6 Å². The molecule has 0 bridgehead atoms. The molecule has 0 aromatic heterocycles. The van der Waals surface area contributed by atoms with Crippen molar-refractivity contribution in [2.24, 2.45) is 0 Å². The van der Waals surface area contributed by atoms with Crippen LogP contribution in [0.25, 0.3) is 0 Å². The predicted octanol–water partition coefficient (Wildman–Crippen LogP) is 3.95. The van der Waals surface area contributed by atoms with Gasteiger partial charge in [-0.15, -0.1) is 0 Å². The molecule has 0 radical (unpaired) electrons. The predicted molar refractivity (Wildman–Crippen MR) is 76.4 cm³/mol. The van der Waals surface area contributed by atoms with Gasteiger partial charge >= 0.3 is 0 Å². The van der Waals surface area contributed by atoms with Crippen molar-refractivity contribution >= 4 is 11.6 Å². The van der Waals surface area contributed by atoms with E-state index < -0.39 is 0 Å². The Morgan fingerprint density at radius 1 is 0.722 bits per heavy atom. The highest BCUT2D eigenvalue weighted by Gasteiger charge is 2.00. The van der Waals surface area contributed by atoms with Crippen LogP contribution in [-0.2, 0) is 9.59 Å². The minimum atomic E-state index is -0.0172. The minimum absolute atomic E-state index is 0.0172. The normalized spacial score (nSPS) is 10.7. The largest absolute Gasteiger partial charge is 0.295 e. The number of hydrogen-bond donors (Lipinski definition) is 0. The molecule has 98 valence electrons. The zero-order valence-corrected chi connectivity index (χ0v) is 11.7. The van der Waals surface area contributed by atoms with Gasteiger partial charge in [-0.2, -0.15) is 0 Å². The zero-order valence-electron chi connectivity index (χ0n) is 11.7. The lowest BCUT2D eigenvalue weighted by Crippen LogP contribution is -1.98. The topological polar surface area (TPSA) is 34.1 Å². The second-order valence-corrected chi connectivity index (χ2v) is 4.64. The first kappa shape index (κ1) is 16.3. The summed E-state index contributed by atoms with van der Waals surface area (Å²) >= 11 is 0. The molecule has 0 rings (SSSR count). The maximum atomic E-state index is 11.4. The van der Waals surface area contributed by atoms with Crippen molar-refractivity contribution in [3.8, 4) is 0 Å². The lowest BCUT2D eigenvalue weighted by molar-refractivity contribution is -0.119. The molecule has 0 aliphatic heterocycles. The van der Waals surface area contributed by atoms with Gasteiger partial charge in [0.2, 0.25) is 0 Å². The number of ketones is 2. The fourth-order valence-corrected chi connectivity index (χ4v) is 1.11. The monoisotopic (exact) mass is 246 g/mol. The summed E-state index contributed by atoms with van der Waals surface area (Å²) in [5.74, 6) is -0.0343. The van der Waals surface area contributed by atoms with Crippen LogP contribution >= 0.6 is 0 Å². The Balaban J connectivity index is 4.03. The Kier molecular flexibility index (Phi) is 8.46. The van der Waals surface area contributed by atoms with Crippen molar-refractivity contribution in [1.29, 1.82) is 0 Å². The summed E-state index contributed by atoms with van der Waals surface area (Å²) in [5.41, 5.74) is 2.28. The van der Waals surface area contributed by atoms with Crippen LogP contribution in [0.2, 0.25) is 0 Å². The van der Waals surface area contributed by atoms with Crippen molar-refractivity contribution in [1.82, 2.24) is 0 Å². The number of carbonyl (C=O) groups excluding carboxylic acids is 2. The van der Waals surface area contributed by atoms with Gasteiger partial charge in [-0.3, -0.25) is 9.59 Å². The third-order valence-electron chi connectivity index (χ3n) is 2.04. The van der Waals surface area contributed by atoms with Crippen molar-refractivity contribution in [3.05, 3.63) is 47.6 Å². The van der Waals surface area contributed by atoms with E-state index >= 15 is 0 Å². The summed E-state index contributed by atoms with van der Waals surface area (Å²) in [4.78, 5) is 22.8. The lowest BCUT2D eigenvalue weighted by Gasteiger charge is -1.92. The van der Waals surface area contributed by atoms with Crippen molar-refractivity contribution in [2.45, 2.75) is 40.5 Å². The van der Waals surface area contributed by atoms with E-state index in [2.05, 4.69) is 0 Å². The highest BCUT2D eigenvalue weighted by molar-refractivity contribution is 5.96. The zero-order chi connectivity index (χ0) is 14.0. The molecule has 0 N–H and O–H groups in total. The molecule has 18 heavy (non-hydrogen) atoms. The first-order valence-corrected chi connectivity index (χ1v) is 6.10.